The van der Waals surface area contributed by atoms with Crippen molar-refractivity contribution < 1.29 is 18.3 Å². The highest BCUT2D eigenvalue weighted by Gasteiger charge is 2.18. The van der Waals surface area contributed by atoms with E-state index in [0.717, 1.165) is 19.4 Å². The normalized spacial score (nSPS) is 21.7. The van der Waals surface area contributed by atoms with Gasteiger partial charge >= 0.3 is 5.97 Å². The highest BCUT2D eigenvalue weighted by molar-refractivity contribution is 7.89. The molecule has 88 valence electrons. The van der Waals surface area contributed by atoms with Gasteiger partial charge in [0, 0.05) is 12.6 Å². The predicted molar refractivity (Wildman–Crippen MR) is 55.1 cm³/mol. The Morgan fingerprint density at radius 2 is 2.27 bits per heavy atom. The van der Waals surface area contributed by atoms with Crippen molar-refractivity contribution in [3.05, 3.63) is 0 Å². The summed E-state index contributed by atoms with van der Waals surface area (Å²) in [4.78, 5) is 10.2. The van der Waals surface area contributed by atoms with E-state index in [-0.39, 0.29) is 18.2 Å². The Labute approximate surface area is 89.1 Å². The Morgan fingerprint density at radius 3 is 2.80 bits per heavy atom. The third-order valence-corrected chi connectivity index (χ3v) is 3.64. The Hall–Kier alpha value is -0.660. The van der Waals surface area contributed by atoms with Gasteiger partial charge in [-0.1, -0.05) is 0 Å². The summed E-state index contributed by atoms with van der Waals surface area (Å²) in [6.07, 6.45) is 1.66. The fourth-order valence-corrected chi connectivity index (χ4v) is 2.50. The first kappa shape index (κ1) is 12.4. The molecule has 1 unspecified atom stereocenters. The van der Waals surface area contributed by atoms with Crippen LogP contribution in [0.25, 0.3) is 0 Å². The number of nitrogens with one attached hydrogen (secondary N) is 2. The van der Waals surface area contributed by atoms with Crippen LogP contribution in [-0.4, -0.2) is 44.4 Å². The van der Waals surface area contributed by atoms with Gasteiger partial charge in [-0.15, -0.1) is 0 Å². The number of carbonyl (C=O) groups is 1. The average molecular weight is 236 g/mol. The minimum atomic E-state index is -3.43. The van der Waals surface area contributed by atoms with E-state index >= 15 is 0 Å². The van der Waals surface area contributed by atoms with Gasteiger partial charge < -0.3 is 10.4 Å². The molecule has 1 heterocycles. The summed E-state index contributed by atoms with van der Waals surface area (Å²) >= 11 is 0. The largest absolute Gasteiger partial charge is 0.481 e. The molecule has 6 nitrogen and oxygen atoms in total. The molecule has 15 heavy (non-hydrogen) atoms. The highest BCUT2D eigenvalue weighted by atomic mass is 32.2. The lowest BCUT2D eigenvalue weighted by atomic mass is 10.2. The van der Waals surface area contributed by atoms with Crippen LogP contribution in [0.15, 0.2) is 0 Å². The van der Waals surface area contributed by atoms with Gasteiger partial charge in [0.05, 0.1) is 12.2 Å². The zero-order valence-electron chi connectivity index (χ0n) is 8.40. The van der Waals surface area contributed by atoms with Gasteiger partial charge in [-0.05, 0) is 19.4 Å². The Morgan fingerprint density at radius 1 is 1.53 bits per heavy atom. The molecule has 1 aliphatic heterocycles. The number of carboxylic acid groups (broad SMARTS) is 1. The van der Waals surface area contributed by atoms with E-state index in [9.17, 15) is 13.2 Å². The molecule has 1 fully saturated rings. The first-order chi connectivity index (χ1) is 6.99. The van der Waals surface area contributed by atoms with Crippen LogP contribution in [0, 0.1) is 0 Å². The molecule has 0 aromatic rings. The molecule has 0 aromatic heterocycles. The Balaban J connectivity index is 2.26. The van der Waals surface area contributed by atoms with E-state index in [1.54, 1.807) is 0 Å². The molecule has 3 N–H and O–H groups in total. The summed E-state index contributed by atoms with van der Waals surface area (Å²) in [5.74, 6) is -1.45. The van der Waals surface area contributed by atoms with Gasteiger partial charge in [0.25, 0.3) is 0 Å². The maximum Gasteiger partial charge on any atom is 0.304 e. The molecule has 0 bridgehead atoms. The summed E-state index contributed by atoms with van der Waals surface area (Å²) in [5.41, 5.74) is 0. The van der Waals surface area contributed by atoms with E-state index in [2.05, 4.69) is 10.0 Å². The molecule has 1 aliphatic rings. The van der Waals surface area contributed by atoms with E-state index in [4.69, 9.17) is 5.11 Å². The number of sulfonamides is 1. The van der Waals surface area contributed by atoms with Crippen LogP contribution in [0.2, 0.25) is 0 Å². The van der Waals surface area contributed by atoms with Gasteiger partial charge in [-0.3, -0.25) is 4.79 Å². The summed E-state index contributed by atoms with van der Waals surface area (Å²) in [5, 5.41) is 11.5. The van der Waals surface area contributed by atoms with Crippen molar-refractivity contribution in [3.63, 3.8) is 0 Å². The summed E-state index contributed by atoms with van der Waals surface area (Å²) in [7, 11) is -3.43. The van der Waals surface area contributed by atoms with E-state index in [1.807, 2.05) is 0 Å². The monoisotopic (exact) mass is 236 g/mol. The minimum Gasteiger partial charge on any atom is -0.481 e. The third kappa shape index (κ3) is 5.10. The standard InChI is InChI=1S/C8H16N2O4S/c11-8(12)3-5-15(13,14)10-6-7-2-1-4-9-7/h7,9-10H,1-6H2,(H,11,12). The SMILES string of the molecule is O=C(O)CCS(=O)(=O)NCC1CCCN1. The number of rotatable bonds is 6. The maximum absolute atomic E-state index is 11.3. The van der Waals surface area contributed by atoms with Crippen LogP contribution < -0.4 is 10.0 Å². The number of carboxylic acids is 1. The van der Waals surface area contributed by atoms with Gasteiger partial charge in [-0.2, -0.15) is 0 Å². The topological polar surface area (TPSA) is 95.5 Å². The molecule has 1 saturated heterocycles. The minimum absolute atomic E-state index is 0.185. The second-order valence-electron chi connectivity index (χ2n) is 3.60. The van der Waals surface area contributed by atoms with Crippen molar-refractivity contribution in [2.75, 3.05) is 18.8 Å². The Kier molecular flexibility index (Phi) is 4.49. The van der Waals surface area contributed by atoms with Crippen molar-refractivity contribution in [1.29, 1.82) is 0 Å². The Bertz CT molecular complexity index is 309. The lowest BCUT2D eigenvalue weighted by Crippen LogP contribution is -2.38. The van der Waals surface area contributed by atoms with Crippen LogP contribution in [0.1, 0.15) is 19.3 Å². The lowest BCUT2D eigenvalue weighted by molar-refractivity contribution is -0.136. The van der Waals surface area contributed by atoms with Crippen LogP contribution in [0.3, 0.4) is 0 Å². The van der Waals surface area contributed by atoms with Crippen molar-refractivity contribution in [1.82, 2.24) is 10.0 Å². The maximum atomic E-state index is 11.3. The molecule has 0 aliphatic carbocycles. The smallest absolute Gasteiger partial charge is 0.304 e. The molecular formula is C8H16N2O4S. The van der Waals surface area contributed by atoms with Crippen LogP contribution in [0.5, 0.6) is 0 Å². The molecule has 0 spiro atoms. The number of hydrogen-bond acceptors (Lipinski definition) is 4. The molecule has 7 heteroatoms. The molecule has 0 saturated carbocycles. The summed E-state index contributed by atoms with van der Waals surface area (Å²) < 4.78 is 25.0. The van der Waals surface area contributed by atoms with Gasteiger partial charge in [-0.25, -0.2) is 13.1 Å². The zero-order chi connectivity index (χ0) is 11.3. The molecule has 0 radical (unpaired) electrons. The van der Waals surface area contributed by atoms with Gasteiger partial charge in [0.1, 0.15) is 0 Å². The van der Waals surface area contributed by atoms with Crippen LogP contribution in [0.4, 0.5) is 0 Å². The van der Waals surface area contributed by atoms with Gasteiger partial charge in [0.2, 0.25) is 10.0 Å². The molecule has 1 atom stereocenters. The van der Waals surface area contributed by atoms with Crippen molar-refractivity contribution >= 4 is 16.0 Å². The van der Waals surface area contributed by atoms with E-state index < -0.39 is 16.0 Å². The second kappa shape index (κ2) is 5.43. The van der Waals surface area contributed by atoms with Crippen molar-refractivity contribution in [2.45, 2.75) is 25.3 Å². The van der Waals surface area contributed by atoms with E-state index in [1.165, 1.54) is 0 Å². The highest BCUT2D eigenvalue weighted by Crippen LogP contribution is 2.03. The molecule has 0 amide bonds. The predicted octanol–water partition coefficient (Wildman–Crippen LogP) is -0.867. The van der Waals surface area contributed by atoms with Crippen molar-refractivity contribution in [3.8, 4) is 0 Å². The van der Waals surface area contributed by atoms with Crippen LogP contribution in [-0.2, 0) is 14.8 Å². The quantitative estimate of drug-likeness (QED) is 0.557. The lowest BCUT2D eigenvalue weighted by Gasteiger charge is -2.11. The molecular weight excluding hydrogens is 220 g/mol. The molecule has 0 aromatic carbocycles. The summed E-state index contributed by atoms with van der Waals surface area (Å²) in [6.45, 7) is 1.27. The van der Waals surface area contributed by atoms with Gasteiger partial charge in [0.15, 0.2) is 0 Å². The van der Waals surface area contributed by atoms with Crippen LogP contribution >= 0.6 is 0 Å². The average Bonchev–Trinajstić information content (AvgIpc) is 2.65. The first-order valence-electron chi connectivity index (χ1n) is 4.92. The second-order valence-corrected chi connectivity index (χ2v) is 5.53. The van der Waals surface area contributed by atoms with E-state index in [0.29, 0.717) is 6.54 Å². The fourth-order valence-electron chi connectivity index (χ4n) is 1.45. The summed E-state index contributed by atoms with van der Waals surface area (Å²) in [6, 6.07) is 0.185. The molecule has 1 rings (SSSR count). The first-order valence-corrected chi connectivity index (χ1v) is 6.57. The van der Waals surface area contributed by atoms with Crippen molar-refractivity contribution in [2.24, 2.45) is 0 Å². The third-order valence-electron chi connectivity index (χ3n) is 2.30. The number of aliphatic carboxylic acids is 1. The fraction of sp³-hybridized carbons (Fsp3) is 0.875. The zero-order valence-corrected chi connectivity index (χ0v) is 9.22. The number of hydrogen-bond donors (Lipinski definition) is 3.